The Morgan fingerprint density at radius 3 is 2.19 bits per heavy atom. The molecule has 5 nitrogen and oxygen atoms in total. The van der Waals surface area contributed by atoms with Gasteiger partial charge in [-0.1, -0.05) is 12.1 Å². The third-order valence-corrected chi connectivity index (χ3v) is 3.03. The van der Waals surface area contributed by atoms with Gasteiger partial charge in [0.1, 0.15) is 11.4 Å². The molecule has 10 heteroatoms. The highest BCUT2D eigenvalue weighted by molar-refractivity contribution is 5.81. The fraction of sp³-hybridized carbons (Fsp3) is 0.125. The Morgan fingerprint density at radius 2 is 1.62 bits per heavy atom. The van der Waals surface area contributed by atoms with Crippen molar-refractivity contribution >= 4 is 18.0 Å². The first-order valence-electron chi connectivity index (χ1n) is 7.02. The minimum Gasteiger partial charge on any atom is -0.410 e. The number of benzene rings is 2. The minimum absolute atomic E-state index is 0.170. The van der Waals surface area contributed by atoms with Crippen molar-refractivity contribution < 1.29 is 31.5 Å². The SMILES string of the molecule is CN(C)C(=O)Oc1cccc(/C=N\Nc2c(F)c(F)c(F)c(F)c2F)c1. The summed E-state index contributed by atoms with van der Waals surface area (Å²) in [6.45, 7) is 0. The number of ether oxygens (including phenoxy) is 1. The number of nitrogens with zero attached hydrogens (tertiary/aromatic N) is 2. The van der Waals surface area contributed by atoms with E-state index in [2.05, 4.69) is 5.10 Å². The summed E-state index contributed by atoms with van der Waals surface area (Å²) < 4.78 is 71.1. The van der Waals surface area contributed by atoms with Gasteiger partial charge in [-0.25, -0.2) is 26.7 Å². The Balaban J connectivity index is 2.18. The first-order chi connectivity index (χ1) is 12.2. The zero-order chi connectivity index (χ0) is 19.4. The molecule has 138 valence electrons. The van der Waals surface area contributed by atoms with Crippen LogP contribution in [0.3, 0.4) is 0 Å². The maximum atomic E-state index is 13.5. The van der Waals surface area contributed by atoms with E-state index >= 15 is 0 Å². The number of amides is 1. The van der Waals surface area contributed by atoms with Gasteiger partial charge in [-0.2, -0.15) is 5.10 Å². The summed E-state index contributed by atoms with van der Waals surface area (Å²) in [6.07, 6.45) is 0.420. The molecule has 2 aromatic carbocycles. The van der Waals surface area contributed by atoms with E-state index in [1.807, 2.05) is 0 Å². The molecule has 0 atom stereocenters. The number of hydrazone groups is 1. The van der Waals surface area contributed by atoms with Gasteiger partial charge in [0.2, 0.25) is 5.82 Å². The first-order valence-corrected chi connectivity index (χ1v) is 7.02. The molecule has 0 fully saturated rings. The monoisotopic (exact) mass is 373 g/mol. The number of halogens is 5. The van der Waals surface area contributed by atoms with Gasteiger partial charge in [0.25, 0.3) is 0 Å². The smallest absolute Gasteiger partial charge is 0.410 e. The van der Waals surface area contributed by atoms with Crippen molar-refractivity contribution in [3.05, 3.63) is 58.9 Å². The van der Waals surface area contributed by atoms with Crippen LogP contribution in [0.1, 0.15) is 5.56 Å². The van der Waals surface area contributed by atoms with E-state index in [-0.39, 0.29) is 5.75 Å². The average Bonchev–Trinajstić information content (AvgIpc) is 2.61. The second-order valence-electron chi connectivity index (χ2n) is 5.15. The minimum atomic E-state index is -2.26. The molecule has 0 heterocycles. The number of hydrogen-bond acceptors (Lipinski definition) is 4. The lowest BCUT2D eigenvalue weighted by Gasteiger charge is -2.10. The molecule has 2 rings (SSSR count). The molecule has 0 saturated carbocycles. The highest BCUT2D eigenvalue weighted by atomic mass is 19.2. The van der Waals surface area contributed by atoms with Crippen molar-refractivity contribution in [2.75, 3.05) is 19.5 Å². The molecule has 0 radical (unpaired) electrons. The number of rotatable bonds is 4. The third-order valence-electron chi connectivity index (χ3n) is 3.03. The number of carbonyl (C=O) groups excluding carboxylic acids is 1. The van der Waals surface area contributed by atoms with Crippen LogP contribution in [0.25, 0.3) is 0 Å². The van der Waals surface area contributed by atoms with Crippen molar-refractivity contribution in [2.45, 2.75) is 0 Å². The summed E-state index contributed by atoms with van der Waals surface area (Å²) in [5.41, 5.74) is 0.828. The second kappa shape index (κ2) is 7.81. The number of hydrogen-bond donors (Lipinski definition) is 1. The van der Waals surface area contributed by atoms with Gasteiger partial charge in [0.05, 0.1) is 6.21 Å². The van der Waals surface area contributed by atoms with Gasteiger partial charge in [-0.05, 0) is 17.7 Å². The summed E-state index contributed by atoms with van der Waals surface area (Å²) >= 11 is 0. The van der Waals surface area contributed by atoms with E-state index in [0.717, 1.165) is 6.21 Å². The Hall–Kier alpha value is -3.17. The number of anilines is 1. The van der Waals surface area contributed by atoms with Gasteiger partial charge in [0, 0.05) is 14.1 Å². The van der Waals surface area contributed by atoms with Crippen LogP contribution in [0.5, 0.6) is 5.75 Å². The van der Waals surface area contributed by atoms with Gasteiger partial charge >= 0.3 is 6.09 Å². The van der Waals surface area contributed by atoms with E-state index in [0.29, 0.717) is 5.56 Å². The highest BCUT2D eigenvalue weighted by Gasteiger charge is 2.25. The topological polar surface area (TPSA) is 53.9 Å². The Labute approximate surface area is 144 Å². The van der Waals surface area contributed by atoms with Crippen molar-refractivity contribution in [3.8, 4) is 5.75 Å². The van der Waals surface area contributed by atoms with Gasteiger partial charge < -0.3 is 9.64 Å². The van der Waals surface area contributed by atoms with Crippen molar-refractivity contribution in [1.29, 1.82) is 0 Å². The van der Waals surface area contributed by atoms with Gasteiger partial charge in [-0.3, -0.25) is 5.43 Å². The van der Waals surface area contributed by atoms with Crippen LogP contribution in [-0.2, 0) is 0 Å². The third kappa shape index (κ3) is 4.08. The molecule has 0 aromatic heterocycles. The van der Waals surface area contributed by atoms with E-state index in [1.165, 1.54) is 43.3 Å². The van der Waals surface area contributed by atoms with E-state index in [1.54, 1.807) is 5.43 Å². The zero-order valence-corrected chi connectivity index (χ0v) is 13.5. The van der Waals surface area contributed by atoms with Crippen LogP contribution in [0, 0.1) is 29.1 Å². The zero-order valence-electron chi connectivity index (χ0n) is 13.5. The van der Waals surface area contributed by atoms with E-state index in [9.17, 15) is 26.7 Å². The standard InChI is InChI=1S/C16H12F5N3O2/c1-24(2)16(25)26-9-5-3-4-8(6-9)7-22-23-15-13(20)11(18)10(17)12(19)14(15)21/h3-7,23H,1-2H3/b22-7-. The van der Waals surface area contributed by atoms with Crippen molar-refractivity contribution in [2.24, 2.45) is 5.10 Å². The molecule has 2 aromatic rings. The Bertz CT molecular complexity index is 842. The fourth-order valence-electron chi connectivity index (χ4n) is 1.72. The van der Waals surface area contributed by atoms with Crippen molar-refractivity contribution in [1.82, 2.24) is 4.90 Å². The summed E-state index contributed by atoms with van der Waals surface area (Å²) in [6, 6.07) is 5.89. The predicted octanol–water partition coefficient (Wildman–Crippen LogP) is 3.89. The molecule has 1 amide bonds. The Kier molecular flexibility index (Phi) is 5.75. The van der Waals surface area contributed by atoms with Gasteiger partial charge in [-0.15, -0.1) is 0 Å². The molecular weight excluding hydrogens is 361 g/mol. The maximum absolute atomic E-state index is 13.5. The Morgan fingerprint density at radius 1 is 1.04 bits per heavy atom. The summed E-state index contributed by atoms with van der Waals surface area (Å²) in [4.78, 5) is 12.7. The van der Waals surface area contributed by atoms with E-state index < -0.39 is 40.9 Å². The van der Waals surface area contributed by atoms with Crippen LogP contribution >= 0.6 is 0 Å². The molecule has 0 aliphatic rings. The normalized spacial score (nSPS) is 10.9. The number of carbonyl (C=O) groups is 1. The molecule has 1 N–H and O–H groups in total. The van der Waals surface area contributed by atoms with Crippen LogP contribution in [0.4, 0.5) is 32.4 Å². The molecule has 0 aliphatic heterocycles. The van der Waals surface area contributed by atoms with Crippen LogP contribution in [0.15, 0.2) is 29.4 Å². The van der Waals surface area contributed by atoms with Crippen LogP contribution in [-0.4, -0.2) is 31.3 Å². The number of nitrogens with one attached hydrogen (secondary N) is 1. The predicted molar refractivity (Wildman–Crippen MR) is 83.6 cm³/mol. The molecule has 0 bridgehead atoms. The largest absolute Gasteiger partial charge is 0.414 e. The quantitative estimate of drug-likeness (QED) is 0.291. The molecule has 0 saturated heterocycles. The molecular formula is C16H12F5N3O2. The highest BCUT2D eigenvalue weighted by Crippen LogP contribution is 2.27. The average molecular weight is 373 g/mol. The molecule has 26 heavy (non-hydrogen) atoms. The van der Waals surface area contributed by atoms with Crippen molar-refractivity contribution in [3.63, 3.8) is 0 Å². The van der Waals surface area contributed by atoms with Crippen LogP contribution < -0.4 is 10.2 Å². The summed E-state index contributed by atoms with van der Waals surface area (Å²) in [5.74, 6) is -10.3. The molecule has 0 unspecified atom stereocenters. The summed E-state index contributed by atoms with van der Waals surface area (Å²) in [5, 5.41) is 3.44. The van der Waals surface area contributed by atoms with Gasteiger partial charge in [0.15, 0.2) is 23.3 Å². The lowest BCUT2D eigenvalue weighted by Crippen LogP contribution is -2.25. The molecule has 0 aliphatic carbocycles. The second-order valence-corrected chi connectivity index (χ2v) is 5.15. The lowest BCUT2D eigenvalue weighted by atomic mass is 10.2. The molecule has 0 spiro atoms. The fourth-order valence-corrected chi connectivity index (χ4v) is 1.72. The van der Waals surface area contributed by atoms with E-state index in [4.69, 9.17) is 4.74 Å². The summed E-state index contributed by atoms with van der Waals surface area (Å²) in [7, 11) is 2.98. The lowest BCUT2D eigenvalue weighted by molar-refractivity contribution is 0.172. The first kappa shape index (κ1) is 19.2. The maximum Gasteiger partial charge on any atom is 0.414 e. The van der Waals surface area contributed by atoms with Crippen LogP contribution in [0.2, 0.25) is 0 Å².